The molecule has 2 aromatic heterocycles. The van der Waals surface area contributed by atoms with Gasteiger partial charge in [0.15, 0.2) is 17.5 Å². The number of nitrogens with zero attached hydrogens (tertiary/aromatic N) is 4. The van der Waals surface area contributed by atoms with E-state index in [1.165, 1.54) is 48.5 Å². The molecular weight excluding hydrogens is 585 g/mol. The van der Waals surface area contributed by atoms with Crippen LogP contribution in [0.2, 0.25) is 0 Å². The molecule has 0 aliphatic carbocycles. The summed E-state index contributed by atoms with van der Waals surface area (Å²) in [4.78, 5) is 20.4. The van der Waals surface area contributed by atoms with Crippen LogP contribution in [0.1, 0.15) is 0 Å². The summed E-state index contributed by atoms with van der Waals surface area (Å²) in [6.45, 7) is 0. The lowest BCUT2D eigenvalue weighted by atomic mass is 9.93. The van der Waals surface area contributed by atoms with E-state index in [1.807, 2.05) is 36.4 Å². The highest BCUT2D eigenvalue weighted by Gasteiger charge is 2.16. The van der Waals surface area contributed by atoms with Gasteiger partial charge in [0.1, 0.15) is 5.69 Å². The Kier molecular flexibility index (Phi) is 5.84. The molecule has 10 aromatic rings. The van der Waals surface area contributed by atoms with E-state index in [1.54, 1.807) is 0 Å². The first kappa shape index (κ1) is 26.7. The lowest BCUT2D eigenvalue weighted by Gasteiger charge is -2.13. The third-order valence-electron chi connectivity index (χ3n) is 9.48. The van der Waals surface area contributed by atoms with Crippen molar-refractivity contribution in [1.82, 2.24) is 19.9 Å². The summed E-state index contributed by atoms with van der Waals surface area (Å²) in [6.07, 6.45) is 0. The molecule has 8 aromatic carbocycles. The molecule has 48 heavy (non-hydrogen) atoms. The molecule has 2 heterocycles. The number of fused-ring (bicyclic) bond motifs is 11. The largest absolute Gasteiger partial charge is 0.244 e. The van der Waals surface area contributed by atoms with Crippen molar-refractivity contribution in [3.05, 3.63) is 158 Å². The zero-order valence-corrected chi connectivity index (χ0v) is 25.8. The second kappa shape index (κ2) is 10.5. The molecular formula is C44H26N4. The van der Waals surface area contributed by atoms with Crippen LogP contribution in [0.5, 0.6) is 0 Å². The lowest BCUT2D eigenvalue weighted by Crippen LogP contribution is -2.01. The molecule has 0 N–H and O–H groups in total. The molecule has 0 atom stereocenters. The zero-order chi connectivity index (χ0) is 31.6. The summed E-state index contributed by atoms with van der Waals surface area (Å²) in [5.41, 5.74) is 3.50. The number of aromatic nitrogens is 4. The molecule has 0 bridgehead atoms. The van der Waals surface area contributed by atoms with Crippen molar-refractivity contribution in [3.63, 3.8) is 0 Å². The predicted octanol–water partition coefficient (Wildman–Crippen LogP) is 11.2. The SMILES string of the molecule is c1ccc(-c2nc(-c3ccc4c5ccccc5c5ccccc5c4c3)nc(-c3ccc4ccc5c6ccccc6ccc5c4n3)n2)cc1. The van der Waals surface area contributed by atoms with Crippen molar-refractivity contribution in [3.8, 4) is 34.3 Å². The molecule has 0 aliphatic rings. The summed E-state index contributed by atoms with van der Waals surface area (Å²) in [7, 11) is 0. The minimum Gasteiger partial charge on any atom is -0.244 e. The van der Waals surface area contributed by atoms with Gasteiger partial charge in [0.05, 0.1) is 5.52 Å². The van der Waals surface area contributed by atoms with E-state index in [0.717, 1.165) is 27.4 Å². The van der Waals surface area contributed by atoms with Crippen LogP contribution in [0.15, 0.2) is 158 Å². The van der Waals surface area contributed by atoms with Gasteiger partial charge in [-0.15, -0.1) is 0 Å². The van der Waals surface area contributed by atoms with Crippen molar-refractivity contribution in [2.24, 2.45) is 0 Å². The second-order valence-electron chi connectivity index (χ2n) is 12.2. The summed E-state index contributed by atoms with van der Waals surface area (Å²) >= 11 is 0. The molecule has 0 unspecified atom stereocenters. The molecule has 0 saturated carbocycles. The van der Waals surface area contributed by atoms with E-state index in [0.29, 0.717) is 23.2 Å². The fraction of sp³-hybridized carbons (Fsp3) is 0. The molecule has 0 spiro atoms. The van der Waals surface area contributed by atoms with Crippen LogP contribution in [0, 0.1) is 0 Å². The number of benzene rings is 8. The highest BCUT2D eigenvalue weighted by molar-refractivity contribution is 6.25. The van der Waals surface area contributed by atoms with Gasteiger partial charge in [-0.3, -0.25) is 0 Å². The van der Waals surface area contributed by atoms with Crippen LogP contribution in [0.3, 0.4) is 0 Å². The van der Waals surface area contributed by atoms with Gasteiger partial charge < -0.3 is 0 Å². The normalized spacial score (nSPS) is 11.8. The average Bonchev–Trinajstić information content (AvgIpc) is 3.17. The van der Waals surface area contributed by atoms with Gasteiger partial charge >= 0.3 is 0 Å². The van der Waals surface area contributed by atoms with Crippen molar-refractivity contribution < 1.29 is 0 Å². The molecule has 0 saturated heterocycles. The number of pyridine rings is 1. The predicted molar refractivity (Wildman–Crippen MR) is 199 cm³/mol. The number of hydrogen-bond acceptors (Lipinski definition) is 4. The van der Waals surface area contributed by atoms with Gasteiger partial charge in [0.2, 0.25) is 0 Å². The van der Waals surface area contributed by atoms with Crippen LogP contribution < -0.4 is 0 Å². The summed E-state index contributed by atoms with van der Waals surface area (Å²) < 4.78 is 0. The molecule has 0 aliphatic heterocycles. The Balaban J connectivity index is 1.21. The Morgan fingerprint density at radius 3 is 1.52 bits per heavy atom. The van der Waals surface area contributed by atoms with Gasteiger partial charge in [-0.25, -0.2) is 19.9 Å². The highest BCUT2D eigenvalue weighted by Crippen LogP contribution is 2.37. The fourth-order valence-corrected chi connectivity index (χ4v) is 7.18. The Morgan fingerprint density at radius 2 is 0.771 bits per heavy atom. The monoisotopic (exact) mass is 610 g/mol. The van der Waals surface area contributed by atoms with E-state index in [4.69, 9.17) is 19.9 Å². The summed E-state index contributed by atoms with van der Waals surface area (Å²) in [5, 5.41) is 13.1. The van der Waals surface area contributed by atoms with Gasteiger partial charge in [-0.05, 0) is 60.6 Å². The standard InChI is InChI=1S/C44H26N4/c1-2-11-29(12-3-1)42-46-43(30-20-23-37-34-16-7-6-14-32(34)33-15-8-9-17-35(33)39(37)26-30)48-44(47-42)40-25-21-28-19-22-36-31-13-5-4-10-27(31)18-24-38(36)41(28)45-40/h1-26H. The Hall–Kier alpha value is -6.52. The first-order valence-electron chi connectivity index (χ1n) is 16.2. The molecule has 222 valence electrons. The zero-order valence-electron chi connectivity index (χ0n) is 25.8. The lowest BCUT2D eigenvalue weighted by molar-refractivity contribution is 1.06. The van der Waals surface area contributed by atoms with Crippen LogP contribution >= 0.6 is 0 Å². The van der Waals surface area contributed by atoms with Gasteiger partial charge in [-0.2, -0.15) is 0 Å². The van der Waals surface area contributed by atoms with Crippen LogP contribution in [-0.2, 0) is 0 Å². The molecule has 0 amide bonds. The Bertz CT molecular complexity index is 2860. The summed E-state index contributed by atoms with van der Waals surface area (Å²) in [6, 6.07) is 55.2. The Morgan fingerprint density at radius 1 is 0.271 bits per heavy atom. The quantitative estimate of drug-likeness (QED) is 0.187. The summed E-state index contributed by atoms with van der Waals surface area (Å²) in [5.74, 6) is 1.77. The van der Waals surface area contributed by atoms with Gasteiger partial charge in [-0.1, -0.05) is 146 Å². The Labute approximate surface area is 276 Å². The van der Waals surface area contributed by atoms with Crippen molar-refractivity contribution in [1.29, 1.82) is 0 Å². The van der Waals surface area contributed by atoms with Crippen molar-refractivity contribution >= 4 is 64.8 Å². The minimum atomic E-state index is 0.544. The molecule has 4 heteroatoms. The molecule has 0 fully saturated rings. The minimum absolute atomic E-state index is 0.544. The van der Waals surface area contributed by atoms with E-state index >= 15 is 0 Å². The van der Waals surface area contributed by atoms with Gasteiger partial charge in [0.25, 0.3) is 0 Å². The average molecular weight is 611 g/mol. The first-order chi connectivity index (χ1) is 23.8. The van der Waals surface area contributed by atoms with Crippen LogP contribution in [-0.4, -0.2) is 19.9 Å². The number of hydrogen-bond donors (Lipinski definition) is 0. The smallest absolute Gasteiger partial charge is 0.182 e. The first-order valence-corrected chi connectivity index (χ1v) is 16.2. The third-order valence-corrected chi connectivity index (χ3v) is 9.48. The van der Waals surface area contributed by atoms with Gasteiger partial charge in [0, 0.05) is 21.9 Å². The van der Waals surface area contributed by atoms with E-state index in [9.17, 15) is 0 Å². The van der Waals surface area contributed by atoms with E-state index < -0.39 is 0 Å². The highest BCUT2D eigenvalue weighted by atomic mass is 15.0. The third kappa shape index (κ3) is 4.16. The van der Waals surface area contributed by atoms with Crippen LogP contribution in [0.25, 0.3) is 99.1 Å². The maximum Gasteiger partial charge on any atom is 0.182 e. The van der Waals surface area contributed by atoms with Crippen molar-refractivity contribution in [2.45, 2.75) is 0 Å². The van der Waals surface area contributed by atoms with Crippen LogP contribution in [0.4, 0.5) is 0 Å². The molecule has 10 rings (SSSR count). The number of rotatable bonds is 3. The maximum absolute atomic E-state index is 5.22. The maximum atomic E-state index is 5.22. The second-order valence-corrected chi connectivity index (χ2v) is 12.2. The molecule has 4 nitrogen and oxygen atoms in total. The molecule has 0 radical (unpaired) electrons. The van der Waals surface area contributed by atoms with E-state index in [2.05, 4.69) is 121 Å². The van der Waals surface area contributed by atoms with Crippen molar-refractivity contribution in [2.75, 3.05) is 0 Å². The fourth-order valence-electron chi connectivity index (χ4n) is 7.18. The topological polar surface area (TPSA) is 51.6 Å². The van der Waals surface area contributed by atoms with E-state index in [-0.39, 0.29) is 0 Å².